The zero-order chi connectivity index (χ0) is 13.2. The number of unbranched alkanes of at least 4 members (excludes halogenated alkanes) is 1. The van der Waals surface area contributed by atoms with Crippen LogP contribution in [0.5, 0.6) is 0 Å². The van der Waals surface area contributed by atoms with Crippen molar-refractivity contribution >= 4 is 5.97 Å². The first-order valence-electron chi connectivity index (χ1n) is 6.36. The van der Waals surface area contributed by atoms with E-state index in [2.05, 4.69) is 5.32 Å². The Bertz CT molecular complexity index is 341. The Morgan fingerprint density at radius 2 is 2.06 bits per heavy atom. The predicted octanol–water partition coefficient (Wildman–Crippen LogP) is 1.45. The maximum absolute atomic E-state index is 11.8. The first-order chi connectivity index (χ1) is 8.77. The summed E-state index contributed by atoms with van der Waals surface area (Å²) in [4.78, 5) is 11.8. The molecule has 3 N–H and O–H groups in total. The lowest BCUT2D eigenvalue weighted by Crippen LogP contribution is -2.35. The Morgan fingerprint density at radius 1 is 1.33 bits per heavy atom. The van der Waals surface area contributed by atoms with Crippen molar-refractivity contribution in [1.29, 1.82) is 0 Å². The number of likely N-dealkylation sites (N-methyl/N-ethyl adjacent to an activating group) is 1. The van der Waals surface area contributed by atoms with E-state index in [-0.39, 0.29) is 12.0 Å². The highest BCUT2D eigenvalue weighted by atomic mass is 16.5. The van der Waals surface area contributed by atoms with E-state index >= 15 is 0 Å². The number of carbonyl (C=O) groups is 1. The Balaban J connectivity index is 2.33. The summed E-state index contributed by atoms with van der Waals surface area (Å²) < 4.78 is 5.28. The van der Waals surface area contributed by atoms with Gasteiger partial charge in [0.2, 0.25) is 0 Å². The van der Waals surface area contributed by atoms with Crippen molar-refractivity contribution in [3.8, 4) is 0 Å². The van der Waals surface area contributed by atoms with E-state index in [0.29, 0.717) is 13.2 Å². The largest absolute Gasteiger partial charge is 0.460 e. The molecule has 1 rings (SSSR count). The monoisotopic (exact) mass is 250 g/mol. The number of rotatable bonds is 8. The number of hydrogen-bond donors (Lipinski definition) is 2. The fourth-order valence-electron chi connectivity index (χ4n) is 1.70. The molecular formula is C14H22N2O2. The second-order valence-corrected chi connectivity index (χ2v) is 4.22. The molecule has 0 bridgehead atoms. The van der Waals surface area contributed by atoms with Crippen LogP contribution < -0.4 is 11.1 Å². The normalized spacial score (nSPS) is 12.1. The Hall–Kier alpha value is -1.39. The van der Waals surface area contributed by atoms with Crippen LogP contribution >= 0.6 is 0 Å². The highest BCUT2D eigenvalue weighted by Crippen LogP contribution is 2.05. The molecule has 1 aromatic carbocycles. The van der Waals surface area contributed by atoms with Gasteiger partial charge in [-0.05, 0) is 32.0 Å². The van der Waals surface area contributed by atoms with Gasteiger partial charge in [-0.1, -0.05) is 36.8 Å². The molecule has 4 heteroatoms. The van der Waals surface area contributed by atoms with Gasteiger partial charge in [-0.25, -0.2) is 0 Å². The Morgan fingerprint density at radius 3 is 2.67 bits per heavy atom. The summed E-state index contributed by atoms with van der Waals surface area (Å²) in [6.45, 7) is 0.990. The Kier molecular flexibility index (Phi) is 7.06. The lowest BCUT2D eigenvalue weighted by molar-refractivity contribution is -0.147. The zero-order valence-electron chi connectivity index (χ0n) is 10.9. The van der Waals surface area contributed by atoms with Gasteiger partial charge in [-0.2, -0.15) is 0 Å². The first-order valence-corrected chi connectivity index (χ1v) is 6.36. The molecule has 0 fully saturated rings. The van der Waals surface area contributed by atoms with Crippen LogP contribution in [0.1, 0.15) is 24.8 Å². The summed E-state index contributed by atoms with van der Waals surface area (Å²) in [5.74, 6) is -0.196. The second kappa shape index (κ2) is 8.66. The van der Waals surface area contributed by atoms with Crippen LogP contribution in [0.4, 0.5) is 0 Å². The number of hydrogen-bond acceptors (Lipinski definition) is 4. The highest BCUT2D eigenvalue weighted by Gasteiger charge is 2.17. The number of carbonyl (C=O) groups excluding carboxylic acids is 1. The van der Waals surface area contributed by atoms with Crippen molar-refractivity contribution in [3.63, 3.8) is 0 Å². The molecule has 0 saturated heterocycles. The van der Waals surface area contributed by atoms with E-state index in [1.54, 1.807) is 7.05 Å². The molecule has 0 aliphatic heterocycles. The van der Waals surface area contributed by atoms with Gasteiger partial charge in [-0.15, -0.1) is 0 Å². The molecule has 0 saturated carbocycles. The average Bonchev–Trinajstić information content (AvgIpc) is 2.42. The van der Waals surface area contributed by atoms with Crippen LogP contribution in [-0.4, -0.2) is 25.6 Å². The SMILES string of the molecule is CN[C@@H](CCCCN)C(=O)OCc1ccccc1. The van der Waals surface area contributed by atoms with Gasteiger partial charge < -0.3 is 15.8 Å². The van der Waals surface area contributed by atoms with E-state index in [0.717, 1.165) is 24.8 Å². The van der Waals surface area contributed by atoms with E-state index in [4.69, 9.17) is 10.5 Å². The van der Waals surface area contributed by atoms with Gasteiger partial charge in [0, 0.05) is 0 Å². The minimum Gasteiger partial charge on any atom is -0.460 e. The van der Waals surface area contributed by atoms with Crippen LogP contribution in [0.3, 0.4) is 0 Å². The third-order valence-corrected chi connectivity index (χ3v) is 2.80. The molecule has 0 amide bonds. The van der Waals surface area contributed by atoms with E-state index in [1.165, 1.54) is 0 Å². The van der Waals surface area contributed by atoms with Gasteiger partial charge in [0.05, 0.1) is 0 Å². The summed E-state index contributed by atoms with van der Waals surface area (Å²) >= 11 is 0. The number of nitrogens with two attached hydrogens (primary N) is 1. The molecule has 0 aliphatic rings. The van der Waals surface area contributed by atoms with Crippen LogP contribution in [0.25, 0.3) is 0 Å². The summed E-state index contributed by atoms with van der Waals surface area (Å²) in [5, 5.41) is 2.98. The minimum atomic E-state index is -0.236. The maximum Gasteiger partial charge on any atom is 0.323 e. The van der Waals surface area contributed by atoms with E-state index < -0.39 is 0 Å². The molecule has 0 heterocycles. The zero-order valence-corrected chi connectivity index (χ0v) is 10.9. The quantitative estimate of drug-likeness (QED) is 0.541. The van der Waals surface area contributed by atoms with Gasteiger partial charge in [0.25, 0.3) is 0 Å². The van der Waals surface area contributed by atoms with E-state index in [9.17, 15) is 4.79 Å². The smallest absolute Gasteiger partial charge is 0.323 e. The molecule has 100 valence electrons. The van der Waals surface area contributed by atoms with Crippen molar-refractivity contribution in [1.82, 2.24) is 5.32 Å². The predicted molar refractivity (Wildman–Crippen MR) is 72.0 cm³/mol. The van der Waals surface area contributed by atoms with Crippen LogP contribution in [0.2, 0.25) is 0 Å². The second-order valence-electron chi connectivity index (χ2n) is 4.22. The van der Waals surface area contributed by atoms with Gasteiger partial charge >= 0.3 is 5.97 Å². The molecule has 4 nitrogen and oxygen atoms in total. The number of esters is 1. The minimum absolute atomic E-state index is 0.196. The summed E-state index contributed by atoms with van der Waals surface area (Å²) in [6.07, 6.45) is 2.63. The fraction of sp³-hybridized carbons (Fsp3) is 0.500. The third-order valence-electron chi connectivity index (χ3n) is 2.80. The molecule has 1 atom stereocenters. The average molecular weight is 250 g/mol. The molecule has 0 radical (unpaired) electrons. The molecular weight excluding hydrogens is 228 g/mol. The summed E-state index contributed by atoms with van der Waals surface area (Å²) in [7, 11) is 1.77. The number of ether oxygens (including phenoxy) is 1. The number of nitrogens with one attached hydrogen (secondary N) is 1. The summed E-state index contributed by atoms with van der Waals surface area (Å²) in [6, 6.07) is 9.45. The van der Waals surface area contributed by atoms with Crippen molar-refractivity contribution < 1.29 is 9.53 Å². The summed E-state index contributed by atoms with van der Waals surface area (Å²) in [5.41, 5.74) is 6.43. The standard InChI is InChI=1S/C14H22N2O2/c1-16-13(9-5-6-10-15)14(17)18-11-12-7-3-2-4-8-12/h2-4,7-8,13,16H,5-6,9-11,15H2,1H3/t13-/m0/s1. The lowest BCUT2D eigenvalue weighted by atomic mass is 10.1. The van der Waals surface area contributed by atoms with Crippen LogP contribution in [0.15, 0.2) is 30.3 Å². The fourth-order valence-corrected chi connectivity index (χ4v) is 1.70. The molecule has 0 aliphatic carbocycles. The van der Waals surface area contributed by atoms with Crippen molar-refractivity contribution in [3.05, 3.63) is 35.9 Å². The van der Waals surface area contributed by atoms with Crippen LogP contribution in [-0.2, 0) is 16.1 Å². The van der Waals surface area contributed by atoms with Crippen molar-refractivity contribution in [2.75, 3.05) is 13.6 Å². The van der Waals surface area contributed by atoms with Crippen LogP contribution in [0, 0.1) is 0 Å². The van der Waals surface area contributed by atoms with Gasteiger partial charge in [0.1, 0.15) is 12.6 Å². The van der Waals surface area contributed by atoms with Crippen molar-refractivity contribution in [2.24, 2.45) is 5.73 Å². The Labute approximate surface area is 109 Å². The van der Waals surface area contributed by atoms with Gasteiger partial charge in [0.15, 0.2) is 0 Å². The van der Waals surface area contributed by atoms with E-state index in [1.807, 2.05) is 30.3 Å². The molecule has 18 heavy (non-hydrogen) atoms. The van der Waals surface area contributed by atoms with Gasteiger partial charge in [-0.3, -0.25) is 4.79 Å². The molecule has 0 unspecified atom stereocenters. The molecule has 0 aromatic heterocycles. The topological polar surface area (TPSA) is 64.3 Å². The third kappa shape index (κ3) is 5.29. The first kappa shape index (κ1) is 14.7. The maximum atomic E-state index is 11.8. The lowest BCUT2D eigenvalue weighted by Gasteiger charge is -2.15. The highest BCUT2D eigenvalue weighted by molar-refractivity contribution is 5.75. The van der Waals surface area contributed by atoms with Crippen molar-refractivity contribution in [2.45, 2.75) is 31.9 Å². The number of benzene rings is 1. The molecule has 1 aromatic rings. The molecule has 0 spiro atoms.